The molecule has 1 aromatic rings. The van der Waals surface area contributed by atoms with Gasteiger partial charge in [0, 0.05) is 11.8 Å². The predicted octanol–water partition coefficient (Wildman–Crippen LogP) is 2.06. The molecule has 0 saturated carbocycles. The molecule has 0 unspecified atom stereocenters. The Labute approximate surface area is 73.1 Å². The highest BCUT2D eigenvalue weighted by Crippen LogP contribution is 2.13. The van der Waals surface area contributed by atoms with Crippen LogP contribution >= 0.6 is 15.9 Å². The van der Waals surface area contributed by atoms with Gasteiger partial charge in [0.25, 0.3) is 0 Å². The first-order valence-corrected chi connectivity index (χ1v) is 3.86. The van der Waals surface area contributed by atoms with Crippen LogP contribution in [-0.2, 0) is 4.79 Å². The lowest BCUT2D eigenvalue weighted by Gasteiger charge is -1.93. The van der Waals surface area contributed by atoms with Crippen LogP contribution in [0, 0.1) is 0 Å². The van der Waals surface area contributed by atoms with E-state index < -0.39 is 0 Å². The zero-order valence-electron chi connectivity index (χ0n) is 5.70. The van der Waals surface area contributed by atoms with Crippen LogP contribution in [0.4, 0.5) is 0 Å². The molecule has 0 aliphatic rings. The Balaban J connectivity index is 2.94. The maximum atomic E-state index is 9.97. The summed E-state index contributed by atoms with van der Waals surface area (Å²) in [5, 5.41) is 0. The van der Waals surface area contributed by atoms with Crippen molar-refractivity contribution in [3.05, 3.63) is 34.6 Å². The van der Waals surface area contributed by atoms with E-state index in [1.807, 2.05) is 12.1 Å². The zero-order valence-corrected chi connectivity index (χ0v) is 7.28. The van der Waals surface area contributed by atoms with E-state index in [4.69, 9.17) is 0 Å². The third-order valence-corrected chi connectivity index (χ3v) is 1.80. The minimum atomic E-state index is 0.736. The normalized spacial score (nSPS) is 10.3. The standard InChI is InChI=1S/C8H6BrNO/c9-8-7(4-2-6-11)3-1-5-10-8/h1-6H/b4-2+. The molecule has 1 rings (SSSR count). The monoisotopic (exact) mass is 211 g/mol. The number of hydrogen-bond acceptors (Lipinski definition) is 2. The Morgan fingerprint density at radius 2 is 2.36 bits per heavy atom. The number of nitrogens with zero attached hydrogens (tertiary/aromatic N) is 1. The van der Waals surface area contributed by atoms with Crippen molar-refractivity contribution >= 4 is 28.3 Å². The number of carbonyl (C=O) groups excluding carboxylic acids is 1. The van der Waals surface area contributed by atoms with Crippen LogP contribution in [0.5, 0.6) is 0 Å². The third kappa shape index (κ3) is 2.27. The highest BCUT2D eigenvalue weighted by Gasteiger charge is 1.92. The molecule has 0 N–H and O–H groups in total. The van der Waals surface area contributed by atoms with Gasteiger partial charge in [0.15, 0.2) is 0 Å². The molecule has 0 radical (unpaired) electrons. The van der Waals surface area contributed by atoms with Crippen LogP contribution < -0.4 is 0 Å². The number of aldehydes is 1. The first kappa shape index (κ1) is 8.14. The van der Waals surface area contributed by atoms with Gasteiger partial charge >= 0.3 is 0 Å². The van der Waals surface area contributed by atoms with Crippen molar-refractivity contribution < 1.29 is 4.79 Å². The van der Waals surface area contributed by atoms with E-state index in [9.17, 15) is 4.79 Å². The lowest BCUT2D eigenvalue weighted by atomic mass is 10.3. The Morgan fingerprint density at radius 1 is 1.55 bits per heavy atom. The number of rotatable bonds is 2. The third-order valence-electron chi connectivity index (χ3n) is 1.14. The van der Waals surface area contributed by atoms with Crippen LogP contribution in [0.25, 0.3) is 6.08 Å². The second-order valence-corrected chi connectivity index (χ2v) is 2.63. The molecule has 1 heterocycles. The Bertz CT molecular complexity index is 283. The molecular weight excluding hydrogens is 206 g/mol. The average molecular weight is 212 g/mol. The highest BCUT2D eigenvalue weighted by molar-refractivity contribution is 9.10. The molecule has 1 aromatic heterocycles. The van der Waals surface area contributed by atoms with E-state index in [0.717, 1.165) is 16.5 Å². The fourth-order valence-electron chi connectivity index (χ4n) is 0.666. The smallest absolute Gasteiger partial charge is 0.142 e. The lowest BCUT2D eigenvalue weighted by molar-refractivity contribution is -0.104. The van der Waals surface area contributed by atoms with Crippen molar-refractivity contribution in [3.8, 4) is 0 Å². The molecule has 11 heavy (non-hydrogen) atoms. The van der Waals surface area contributed by atoms with E-state index in [0.29, 0.717) is 0 Å². The SMILES string of the molecule is O=C/C=C/c1cccnc1Br. The quantitative estimate of drug-likeness (QED) is 0.426. The van der Waals surface area contributed by atoms with Crippen molar-refractivity contribution in [1.29, 1.82) is 0 Å². The maximum Gasteiger partial charge on any atom is 0.142 e. The average Bonchev–Trinajstić information content (AvgIpc) is 2.03. The summed E-state index contributed by atoms with van der Waals surface area (Å²) in [7, 11) is 0. The van der Waals surface area contributed by atoms with Crippen molar-refractivity contribution in [2.75, 3.05) is 0 Å². The predicted molar refractivity (Wildman–Crippen MR) is 47.0 cm³/mol. The van der Waals surface area contributed by atoms with Crippen LogP contribution in [0.3, 0.4) is 0 Å². The van der Waals surface area contributed by atoms with Gasteiger partial charge in [0.05, 0.1) is 0 Å². The molecule has 0 atom stereocenters. The molecule has 0 fully saturated rings. The topological polar surface area (TPSA) is 30.0 Å². The summed E-state index contributed by atoms with van der Waals surface area (Å²) in [6, 6.07) is 3.69. The van der Waals surface area contributed by atoms with Crippen molar-refractivity contribution in [2.24, 2.45) is 0 Å². The van der Waals surface area contributed by atoms with Crippen molar-refractivity contribution in [3.63, 3.8) is 0 Å². The summed E-state index contributed by atoms with van der Waals surface area (Å²) >= 11 is 3.25. The van der Waals surface area contributed by atoms with E-state index in [1.54, 1.807) is 12.3 Å². The molecule has 0 saturated heterocycles. The summed E-state index contributed by atoms with van der Waals surface area (Å²) in [6.45, 7) is 0. The number of hydrogen-bond donors (Lipinski definition) is 0. The summed E-state index contributed by atoms with van der Waals surface area (Å²) in [4.78, 5) is 13.9. The van der Waals surface area contributed by atoms with Gasteiger partial charge in [-0.3, -0.25) is 4.79 Å². The minimum Gasteiger partial charge on any atom is -0.299 e. The highest BCUT2D eigenvalue weighted by atomic mass is 79.9. The van der Waals surface area contributed by atoms with Gasteiger partial charge < -0.3 is 0 Å². The van der Waals surface area contributed by atoms with Gasteiger partial charge in [0.2, 0.25) is 0 Å². The molecule has 3 heteroatoms. The summed E-state index contributed by atoms with van der Waals surface area (Å²) in [6.07, 6.45) is 5.55. The van der Waals surface area contributed by atoms with E-state index in [1.165, 1.54) is 6.08 Å². The lowest BCUT2D eigenvalue weighted by Crippen LogP contribution is -1.78. The van der Waals surface area contributed by atoms with Crippen LogP contribution in [0.15, 0.2) is 29.0 Å². The molecule has 2 nitrogen and oxygen atoms in total. The molecule has 56 valence electrons. The molecule has 0 amide bonds. The first-order chi connectivity index (χ1) is 5.34. The molecule has 0 aromatic carbocycles. The van der Waals surface area contributed by atoms with Crippen LogP contribution in [0.1, 0.15) is 5.56 Å². The first-order valence-electron chi connectivity index (χ1n) is 3.07. The van der Waals surface area contributed by atoms with E-state index in [-0.39, 0.29) is 0 Å². The molecule has 0 aliphatic heterocycles. The van der Waals surface area contributed by atoms with Gasteiger partial charge in [-0.25, -0.2) is 4.98 Å². The molecule has 0 bridgehead atoms. The van der Waals surface area contributed by atoms with Crippen LogP contribution in [-0.4, -0.2) is 11.3 Å². The number of allylic oxidation sites excluding steroid dienone is 1. The molecule has 0 spiro atoms. The number of halogens is 1. The Hall–Kier alpha value is -0.960. The largest absolute Gasteiger partial charge is 0.299 e. The second-order valence-electron chi connectivity index (χ2n) is 1.88. The summed E-state index contributed by atoms with van der Waals surface area (Å²) in [5.41, 5.74) is 0.902. The number of aromatic nitrogens is 1. The van der Waals surface area contributed by atoms with Gasteiger partial charge in [-0.2, -0.15) is 0 Å². The van der Waals surface area contributed by atoms with Crippen LogP contribution in [0.2, 0.25) is 0 Å². The van der Waals surface area contributed by atoms with Gasteiger partial charge in [-0.05, 0) is 34.1 Å². The van der Waals surface area contributed by atoms with Gasteiger partial charge in [0.1, 0.15) is 10.9 Å². The Kier molecular flexibility index (Phi) is 2.98. The summed E-state index contributed by atoms with van der Waals surface area (Å²) in [5.74, 6) is 0. The summed E-state index contributed by atoms with van der Waals surface area (Å²) < 4.78 is 0.748. The number of pyridine rings is 1. The van der Waals surface area contributed by atoms with E-state index >= 15 is 0 Å². The van der Waals surface area contributed by atoms with Gasteiger partial charge in [-0.1, -0.05) is 6.07 Å². The van der Waals surface area contributed by atoms with Crippen molar-refractivity contribution in [1.82, 2.24) is 4.98 Å². The maximum absolute atomic E-state index is 9.97. The molecular formula is C8H6BrNO. The van der Waals surface area contributed by atoms with Gasteiger partial charge in [-0.15, -0.1) is 0 Å². The van der Waals surface area contributed by atoms with E-state index in [2.05, 4.69) is 20.9 Å². The molecule has 0 aliphatic carbocycles. The number of carbonyl (C=O) groups is 1. The zero-order chi connectivity index (χ0) is 8.10. The minimum absolute atomic E-state index is 0.736. The van der Waals surface area contributed by atoms with Crippen molar-refractivity contribution in [2.45, 2.75) is 0 Å². The second kappa shape index (κ2) is 4.03. The fourth-order valence-corrected chi connectivity index (χ4v) is 1.05. The fraction of sp³-hybridized carbons (Fsp3) is 0. The Morgan fingerprint density at radius 3 is 3.00 bits per heavy atom.